The topological polar surface area (TPSA) is 38.7 Å². The molecule has 0 aromatic rings. The first-order valence-electron chi connectivity index (χ1n) is 7.52. The molecular weight excluding hydrogens is 226 g/mol. The zero-order valence-corrected chi connectivity index (χ0v) is 11.7. The van der Waals surface area contributed by atoms with Crippen LogP contribution in [0.3, 0.4) is 0 Å². The average molecular weight is 253 g/mol. The maximum absolute atomic E-state index is 10.8. The lowest BCUT2D eigenvalue weighted by Crippen LogP contribution is -2.02. The van der Waals surface area contributed by atoms with Crippen molar-refractivity contribution in [2.75, 3.05) is 0 Å². The molecule has 0 N–H and O–H groups in total. The molecule has 0 unspecified atom stereocenters. The van der Waals surface area contributed by atoms with Crippen molar-refractivity contribution in [3.8, 4) is 0 Å². The molecule has 1 aliphatic carbocycles. The van der Waals surface area contributed by atoms with Crippen molar-refractivity contribution in [1.29, 1.82) is 0 Å². The van der Waals surface area contributed by atoms with Crippen LogP contribution in [-0.2, 0) is 9.63 Å². The Labute approximate surface area is 111 Å². The summed E-state index contributed by atoms with van der Waals surface area (Å²) in [6, 6.07) is 0. The molecule has 3 nitrogen and oxygen atoms in total. The second-order valence-corrected chi connectivity index (χ2v) is 5.28. The second kappa shape index (κ2) is 10.1. The average Bonchev–Trinajstić information content (AvgIpc) is 2.37. The molecule has 1 aliphatic rings. The maximum Gasteiger partial charge on any atom is 0.331 e. The van der Waals surface area contributed by atoms with Gasteiger partial charge in [0.15, 0.2) is 0 Å². The number of oxime groups is 1. The van der Waals surface area contributed by atoms with Crippen LogP contribution in [0.2, 0.25) is 0 Å². The molecule has 0 saturated heterocycles. The van der Waals surface area contributed by atoms with E-state index in [-0.39, 0.29) is 5.97 Å². The molecule has 1 rings (SSSR count). The number of carbonyl (C=O) groups excluding carboxylic acids is 1. The van der Waals surface area contributed by atoms with E-state index in [1.165, 1.54) is 71.1 Å². The van der Waals surface area contributed by atoms with Gasteiger partial charge in [0.25, 0.3) is 0 Å². The Balaban J connectivity index is 2.37. The van der Waals surface area contributed by atoms with Crippen LogP contribution in [0, 0.1) is 0 Å². The van der Waals surface area contributed by atoms with E-state index in [1.54, 1.807) is 0 Å². The van der Waals surface area contributed by atoms with Gasteiger partial charge >= 0.3 is 5.97 Å². The highest BCUT2D eigenvalue weighted by Gasteiger charge is 2.04. The van der Waals surface area contributed by atoms with Gasteiger partial charge in [-0.3, -0.25) is 0 Å². The molecule has 104 valence electrons. The molecule has 3 heteroatoms. The molecule has 1 saturated carbocycles. The van der Waals surface area contributed by atoms with Crippen LogP contribution in [-0.4, -0.2) is 11.7 Å². The lowest BCUT2D eigenvalue weighted by molar-refractivity contribution is -0.140. The quantitative estimate of drug-likeness (QED) is 0.506. The summed E-state index contributed by atoms with van der Waals surface area (Å²) in [5, 5.41) is 4.00. The van der Waals surface area contributed by atoms with Crippen LogP contribution >= 0.6 is 0 Å². The lowest BCUT2D eigenvalue weighted by Gasteiger charge is -2.05. The fourth-order valence-corrected chi connectivity index (χ4v) is 2.42. The van der Waals surface area contributed by atoms with Crippen molar-refractivity contribution in [2.24, 2.45) is 5.16 Å². The summed E-state index contributed by atoms with van der Waals surface area (Å²) < 4.78 is 0. The standard InChI is InChI=1S/C15H27NO2/c1-14(17)18-16-15-12-10-8-6-4-2-3-5-7-9-11-13-15/h2-13H2,1H3. The smallest absolute Gasteiger partial charge is 0.319 e. The van der Waals surface area contributed by atoms with Gasteiger partial charge < -0.3 is 4.84 Å². The molecule has 0 bridgehead atoms. The summed E-state index contributed by atoms with van der Waals surface area (Å²) in [5.41, 5.74) is 1.07. The largest absolute Gasteiger partial charge is 0.331 e. The van der Waals surface area contributed by atoms with Crippen LogP contribution in [0.1, 0.15) is 84.0 Å². The first-order chi connectivity index (χ1) is 8.79. The minimum absolute atomic E-state index is 0.314. The van der Waals surface area contributed by atoms with E-state index in [2.05, 4.69) is 5.16 Å². The highest BCUT2D eigenvalue weighted by molar-refractivity contribution is 5.84. The maximum atomic E-state index is 10.8. The zero-order valence-electron chi connectivity index (χ0n) is 11.7. The first kappa shape index (κ1) is 15.2. The van der Waals surface area contributed by atoms with Crippen molar-refractivity contribution in [3.63, 3.8) is 0 Å². The third kappa shape index (κ3) is 8.26. The second-order valence-electron chi connectivity index (χ2n) is 5.28. The highest BCUT2D eigenvalue weighted by Crippen LogP contribution is 2.15. The molecule has 0 aromatic heterocycles. The summed E-state index contributed by atoms with van der Waals surface area (Å²) in [6.07, 6.45) is 15.1. The molecule has 0 heterocycles. The molecule has 18 heavy (non-hydrogen) atoms. The van der Waals surface area contributed by atoms with E-state index in [4.69, 9.17) is 4.84 Å². The van der Waals surface area contributed by atoms with Crippen molar-refractivity contribution >= 4 is 11.7 Å². The summed E-state index contributed by atoms with van der Waals surface area (Å²) in [6.45, 7) is 1.41. The van der Waals surface area contributed by atoms with E-state index < -0.39 is 0 Å². The number of nitrogens with zero attached hydrogens (tertiary/aromatic N) is 1. The van der Waals surface area contributed by atoms with Crippen LogP contribution in [0.25, 0.3) is 0 Å². The third-order valence-electron chi connectivity index (χ3n) is 3.48. The SMILES string of the molecule is CC(=O)ON=C1CCCCCCCCCCCC1. The van der Waals surface area contributed by atoms with Gasteiger partial charge in [0.05, 0.1) is 5.71 Å². The number of carbonyl (C=O) groups is 1. The van der Waals surface area contributed by atoms with Gasteiger partial charge in [0.2, 0.25) is 0 Å². The Morgan fingerprint density at radius 3 is 1.61 bits per heavy atom. The Morgan fingerprint density at radius 2 is 1.22 bits per heavy atom. The molecule has 0 amide bonds. The molecule has 0 aromatic carbocycles. The fraction of sp³-hybridized carbons (Fsp3) is 0.867. The predicted octanol–water partition coefficient (Wildman–Crippen LogP) is 4.60. The fourth-order valence-electron chi connectivity index (χ4n) is 2.42. The van der Waals surface area contributed by atoms with Crippen LogP contribution < -0.4 is 0 Å². The normalized spacial score (nSPS) is 20.2. The van der Waals surface area contributed by atoms with Gasteiger partial charge in [-0.15, -0.1) is 0 Å². The van der Waals surface area contributed by atoms with E-state index in [1.807, 2.05) is 0 Å². The van der Waals surface area contributed by atoms with Gasteiger partial charge in [-0.1, -0.05) is 56.5 Å². The summed E-state index contributed by atoms with van der Waals surface area (Å²) >= 11 is 0. The predicted molar refractivity (Wildman–Crippen MR) is 74.6 cm³/mol. The van der Waals surface area contributed by atoms with E-state index in [0.717, 1.165) is 18.6 Å². The minimum Gasteiger partial charge on any atom is -0.319 e. The monoisotopic (exact) mass is 253 g/mol. The van der Waals surface area contributed by atoms with Crippen molar-refractivity contribution in [3.05, 3.63) is 0 Å². The third-order valence-corrected chi connectivity index (χ3v) is 3.48. The van der Waals surface area contributed by atoms with E-state index in [0.29, 0.717) is 0 Å². The lowest BCUT2D eigenvalue weighted by atomic mass is 10.0. The van der Waals surface area contributed by atoms with Gasteiger partial charge in [-0.05, 0) is 25.7 Å². The Morgan fingerprint density at radius 1 is 0.833 bits per heavy atom. The van der Waals surface area contributed by atoms with Crippen molar-refractivity contribution in [2.45, 2.75) is 84.0 Å². The summed E-state index contributed by atoms with van der Waals surface area (Å²) in [4.78, 5) is 15.6. The Bertz CT molecular complexity index is 245. The van der Waals surface area contributed by atoms with Gasteiger partial charge in [-0.2, -0.15) is 0 Å². The Hall–Kier alpha value is -0.860. The van der Waals surface area contributed by atoms with Gasteiger partial charge in [0.1, 0.15) is 0 Å². The van der Waals surface area contributed by atoms with Crippen LogP contribution in [0.15, 0.2) is 5.16 Å². The number of hydrogen-bond donors (Lipinski definition) is 0. The number of rotatable bonds is 1. The highest BCUT2D eigenvalue weighted by atomic mass is 16.7. The van der Waals surface area contributed by atoms with Crippen LogP contribution in [0.4, 0.5) is 0 Å². The van der Waals surface area contributed by atoms with Gasteiger partial charge in [-0.25, -0.2) is 4.79 Å². The van der Waals surface area contributed by atoms with Crippen LogP contribution in [0.5, 0.6) is 0 Å². The molecular formula is C15H27NO2. The molecule has 0 atom stereocenters. The molecule has 0 radical (unpaired) electrons. The zero-order chi connectivity index (χ0) is 13.1. The number of hydrogen-bond acceptors (Lipinski definition) is 3. The van der Waals surface area contributed by atoms with E-state index >= 15 is 0 Å². The first-order valence-corrected chi connectivity index (χ1v) is 7.52. The summed E-state index contributed by atoms with van der Waals surface area (Å²) in [7, 11) is 0. The Kier molecular flexibility index (Phi) is 8.53. The summed E-state index contributed by atoms with van der Waals surface area (Å²) in [5.74, 6) is -0.314. The van der Waals surface area contributed by atoms with Crippen molar-refractivity contribution in [1.82, 2.24) is 0 Å². The van der Waals surface area contributed by atoms with Crippen molar-refractivity contribution < 1.29 is 9.63 Å². The van der Waals surface area contributed by atoms with Gasteiger partial charge in [0, 0.05) is 6.92 Å². The molecule has 0 spiro atoms. The van der Waals surface area contributed by atoms with E-state index in [9.17, 15) is 4.79 Å². The minimum atomic E-state index is -0.314. The molecule has 0 aliphatic heterocycles. The molecule has 1 fully saturated rings.